The first-order valence-electron chi connectivity index (χ1n) is 11.5. The monoisotopic (exact) mass is 494 g/mol. The largest absolute Gasteiger partial charge is 0.487 e. The lowest BCUT2D eigenvalue weighted by Gasteiger charge is -2.40. The maximum Gasteiger partial charge on any atom is 0.410 e. The predicted octanol–water partition coefficient (Wildman–Crippen LogP) is 3.80. The Bertz CT molecular complexity index is 1390. The molecule has 1 saturated heterocycles. The molecule has 188 valence electrons. The lowest BCUT2D eigenvalue weighted by Crippen LogP contribution is -2.55. The summed E-state index contributed by atoms with van der Waals surface area (Å²) < 4.78 is 28.1. The summed E-state index contributed by atoms with van der Waals surface area (Å²) in [7, 11) is 1.85. The van der Waals surface area contributed by atoms with Crippen LogP contribution in [0.5, 0.6) is 5.75 Å². The minimum Gasteiger partial charge on any atom is -0.487 e. The molecule has 1 atom stereocenters. The highest BCUT2D eigenvalue weighted by Crippen LogP contribution is 2.32. The van der Waals surface area contributed by atoms with Gasteiger partial charge in [-0.2, -0.15) is 10.2 Å². The van der Waals surface area contributed by atoms with Crippen LogP contribution in [0.4, 0.5) is 21.0 Å². The van der Waals surface area contributed by atoms with Crippen LogP contribution in [0.25, 0.3) is 16.8 Å². The molecule has 1 N–H and O–H groups in total. The Hall–Kier alpha value is -4.22. The Labute approximate surface area is 206 Å². The molecule has 1 aliphatic rings. The van der Waals surface area contributed by atoms with E-state index < -0.39 is 11.4 Å². The molecule has 5 heterocycles. The number of likely N-dealkylation sites (tertiary alicyclic amines) is 1. The first-order chi connectivity index (χ1) is 17.2. The van der Waals surface area contributed by atoms with Crippen LogP contribution in [0.15, 0.2) is 43.0 Å². The van der Waals surface area contributed by atoms with E-state index >= 15 is 0 Å². The van der Waals surface area contributed by atoms with Gasteiger partial charge in [0.25, 0.3) is 0 Å². The van der Waals surface area contributed by atoms with Gasteiger partial charge in [-0.05, 0) is 39.3 Å². The summed E-state index contributed by atoms with van der Waals surface area (Å²) in [6.07, 6.45) is 6.20. The van der Waals surface area contributed by atoms with Crippen molar-refractivity contribution in [2.75, 3.05) is 18.5 Å². The van der Waals surface area contributed by atoms with Gasteiger partial charge in [0, 0.05) is 31.4 Å². The van der Waals surface area contributed by atoms with E-state index in [1.807, 2.05) is 52.2 Å². The Balaban J connectivity index is 1.30. The number of carbonyl (C=O) groups excluding carboxylic acids is 1. The standard InChI is InChI=1S/C24H27FN8O3/c1-24(2,3)36-23(34)32-7-6-17(32)14-35-19-13-28-31(4)21(19)15-5-8-33-18(9-15)10-20(30-33)29-22-26-11-16(25)12-27-22/h5,8-13,17H,6-7,14H2,1-4H3,(H,26,27,29,30). The Morgan fingerprint density at radius 2 is 2.00 bits per heavy atom. The normalized spacial score (nSPS) is 15.6. The number of nitrogens with zero attached hydrogens (tertiary/aromatic N) is 7. The van der Waals surface area contributed by atoms with Gasteiger partial charge >= 0.3 is 6.09 Å². The van der Waals surface area contributed by atoms with Crippen molar-refractivity contribution in [1.82, 2.24) is 34.3 Å². The zero-order chi connectivity index (χ0) is 25.4. The minimum atomic E-state index is -0.539. The number of aromatic nitrogens is 6. The van der Waals surface area contributed by atoms with Crippen molar-refractivity contribution < 1.29 is 18.7 Å². The number of hydrogen-bond acceptors (Lipinski definition) is 8. The quantitative estimate of drug-likeness (QED) is 0.431. The number of aryl methyl sites for hydroxylation is 1. The summed E-state index contributed by atoms with van der Waals surface area (Å²) in [6.45, 7) is 6.56. The molecule has 0 bridgehead atoms. The van der Waals surface area contributed by atoms with Gasteiger partial charge in [-0.15, -0.1) is 0 Å². The molecular weight excluding hydrogens is 467 g/mol. The first kappa shape index (κ1) is 23.5. The fraction of sp³-hybridized carbons (Fsp3) is 0.375. The molecule has 12 heteroatoms. The second-order valence-corrected chi connectivity index (χ2v) is 9.57. The van der Waals surface area contributed by atoms with Gasteiger partial charge in [0.1, 0.15) is 17.9 Å². The van der Waals surface area contributed by atoms with Crippen LogP contribution in [0.2, 0.25) is 0 Å². The summed E-state index contributed by atoms with van der Waals surface area (Å²) in [5.41, 5.74) is 1.97. The number of fused-ring (bicyclic) bond motifs is 1. The molecule has 0 aliphatic carbocycles. The molecule has 11 nitrogen and oxygen atoms in total. The highest BCUT2D eigenvalue weighted by atomic mass is 19.1. The summed E-state index contributed by atoms with van der Waals surface area (Å²) in [6, 6.07) is 5.66. The smallest absolute Gasteiger partial charge is 0.410 e. The van der Waals surface area contributed by atoms with Crippen molar-refractivity contribution in [2.45, 2.75) is 38.8 Å². The van der Waals surface area contributed by atoms with Gasteiger partial charge in [-0.25, -0.2) is 23.7 Å². The number of halogens is 1. The number of rotatable bonds is 6. The van der Waals surface area contributed by atoms with Crippen molar-refractivity contribution in [3.8, 4) is 17.0 Å². The van der Waals surface area contributed by atoms with Crippen molar-refractivity contribution >= 4 is 23.4 Å². The number of amides is 1. The van der Waals surface area contributed by atoms with E-state index in [0.29, 0.717) is 24.7 Å². The average Bonchev–Trinajstić information content (AvgIpc) is 3.35. The highest BCUT2D eigenvalue weighted by Gasteiger charge is 2.36. The van der Waals surface area contributed by atoms with Crippen molar-refractivity contribution in [3.05, 3.63) is 48.8 Å². The van der Waals surface area contributed by atoms with Crippen molar-refractivity contribution in [2.24, 2.45) is 7.05 Å². The second-order valence-electron chi connectivity index (χ2n) is 9.57. The molecule has 4 aromatic heterocycles. The van der Waals surface area contributed by atoms with E-state index in [1.54, 1.807) is 20.3 Å². The number of nitrogens with one attached hydrogen (secondary N) is 1. The molecular formula is C24H27FN8O3. The maximum absolute atomic E-state index is 13.1. The summed E-state index contributed by atoms with van der Waals surface area (Å²) >= 11 is 0. The SMILES string of the molecule is Cn1ncc(OCC2CCN2C(=O)OC(C)(C)C)c1-c1ccn2nc(Nc3ncc(F)cn3)cc2c1. The van der Waals surface area contributed by atoms with Crippen LogP contribution in [-0.4, -0.2) is 65.2 Å². The third kappa shape index (κ3) is 4.92. The second kappa shape index (κ2) is 9.10. The molecule has 1 amide bonds. The Morgan fingerprint density at radius 1 is 1.22 bits per heavy atom. The molecule has 1 unspecified atom stereocenters. The van der Waals surface area contributed by atoms with Crippen LogP contribution in [0.1, 0.15) is 27.2 Å². The van der Waals surface area contributed by atoms with E-state index in [0.717, 1.165) is 35.6 Å². The zero-order valence-corrected chi connectivity index (χ0v) is 20.5. The van der Waals surface area contributed by atoms with Gasteiger partial charge in [0.2, 0.25) is 5.95 Å². The number of hydrogen-bond donors (Lipinski definition) is 1. The molecule has 0 saturated carbocycles. The third-order valence-electron chi connectivity index (χ3n) is 5.71. The van der Waals surface area contributed by atoms with E-state index in [9.17, 15) is 9.18 Å². The van der Waals surface area contributed by atoms with Crippen LogP contribution in [0, 0.1) is 5.82 Å². The summed E-state index contributed by atoms with van der Waals surface area (Å²) in [5.74, 6) is 0.881. The average molecular weight is 495 g/mol. The number of ether oxygens (including phenoxy) is 2. The molecule has 0 aromatic carbocycles. The molecule has 1 aliphatic heterocycles. The fourth-order valence-corrected chi connectivity index (χ4v) is 3.91. The summed E-state index contributed by atoms with van der Waals surface area (Å²) in [4.78, 5) is 21.9. The first-order valence-corrected chi connectivity index (χ1v) is 11.5. The van der Waals surface area contributed by atoms with E-state index in [1.165, 1.54) is 0 Å². The molecule has 5 rings (SSSR count). The highest BCUT2D eigenvalue weighted by molar-refractivity contribution is 5.73. The maximum atomic E-state index is 13.1. The lowest BCUT2D eigenvalue weighted by molar-refractivity contribution is -0.0141. The molecule has 4 aromatic rings. The Kier molecular flexibility index (Phi) is 5.94. The Morgan fingerprint density at radius 3 is 2.69 bits per heavy atom. The van der Waals surface area contributed by atoms with Gasteiger partial charge in [0.15, 0.2) is 17.4 Å². The van der Waals surface area contributed by atoms with Gasteiger partial charge < -0.3 is 19.7 Å². The third-order valence-corrected chi connectivity index (χ3v) is 5.71. The van der Waals surface area contributed by atoms with Crippen LogP contribution in [-0.2, 0) is 11.8 Å². The molecule has 36 heavy (non-hydrogen) atoms. The van der Waals surface area contributed by atoms with E-state index in [4.69, 9.17) is 9.47 Å². The van der Waals surface area contributed by atoms with Crippen LogP contribution >= 0.6 is 0 Å². The molecule has 0 radical (unpaired) electrons. The van der Waals surface area contributed by atoms with Crippen LogP contribution < -0.4 is 10.1 Å². The molecule has 0 spiro atoms. The minimum absolute atomic E-state index is 0.0486. The van der Waals surface area contributed by atoms with Crippen LogP contribution in [0.3, 0.4) is 0 Å². The fourth-order valence-electron chi connectivity index (χ4n) is 3.91. The summed E-state index contributed by atoms with van der Waals surface area (Å²) in [5, 5.41) is 11.8. The predicted molar refractivity (Wildman–Crippen MR) is 130 cm³/mol. The van der Waals surface area contributed by atoms with Gasteiger partial charge in [-0.1, -0.05) is 0 Å². The van der Waals surface area contributed by atoms with E-state index in [2.05, 4.69) is 25.5 Å². The van der Waals surface area contributed by atoms with Gasteiger partial charge in [0.05, 0.1) is 30.1 Å². The van der Waals surface area contributed by atoms with E-state index in [-0.39, 0.29) is 18.1 Å². The zero-order valence-electron chi connectivity index (χ0n) is 20.5. The number of pyridine rings is 1. The lowest BCUT2D eigenvalue weighted by atomic mass is 10.1. The number of carbonyl (C=O) groups is 1. The van der Waals surface area contributed by atoms with Gasteiger partial charge in [-0.3, -0.25) is 4.68 Å². The van der Waals surface area contributed by atoms with Crippen molar-refractivity contribution in [1.29, 1.82) is 0 Å². The topological polar surface area (TPSA) is 112 Å². The molecule has 1 fully saturated rings. The number of anilines is 2. The van der Waals surface area contributed by atoms with Crippen molar-refractivity contribution in [3.63, 3.8) is 0 Å².